The smallest absolute Gasteiger partial charge is 0.410 e. The summed E-state index contributed by atoms with van der Waals surface area (Å²) in [6, 6.07) is 8.00. The molecule has 2 N–H and O–H groups in total. The van der Waals surface area contributed by atoms with Crippen LogP contribution in [0.25, 0.3) is 0 Å². The standard InChI is InChI=1S/C21H22N4O3S/c1-21(2,3)28-20(27)24-10-14-5-4-13(8-15(14)11-24)9-25-16-6-7-22-18(16)19(26)23-17(25)12-29/h4-8,22H,9-11H2,1-3H3,(H,23,26). The van der Waals surface area contributed by atoms with Crippen molar-refractivity contribution in [2.24, 2.45) is 0 Å². The normalized spacial score (nSPS) is 15.6. The Morgan fingerprint density at radius 3 is 2.72 bits per heavy atom. The molecule has 0 saturated heterocycles. The summed E-state index contributed by atoms with van der Waals surface area (Å²) in [5.41, 5.74) is 3.98. The van der Waals surface area contributed by atoms with Crippen LogP contribution in [0.2, 0.25) is 0 Å². The Labute approximate surface area is 174 Å². The van der Waals surface area contributed by atoms with Crippen LogP contribution in [0.5, 0.6) is 0 Å². The van der Waals surface area contributed by atoms with E-state index in [2.05, 4.69) is 21.4 Å². The van der Waals surface area contributed by atoms with Gasteiger partial charge in [-0.25, -0.2) is 4.79 Å². The fourth-order valence-electron chi connectivity index (χ4n) is 3.56. The molecule has 7 nitrogen and oxygen atoms in total. The number of hydrogen-bond acceptors (Lipinski definition) is 5. The SMILES string of the molecule is CC(C)(C)OC(=O)N1Cc2ccc(CN3C(=C=S)NC(=O)c4[nH]ccc43)cc2C1. The molecule has 2 aliphatic rings. The second-order valence-electron chi connectivity index (χ2n) is 8.17. The van der Waals surface area contributed by atoms with Crippen molar-refractivity contribution in [3.63, 3.8) is 0 Å². The second kappa shape index (κ2) is 7.06. The van der Waals surface area contributed by atoms with Crippen LogP contribution in [0.3, 0.4) is 0 Å². The highest BCUT2D eigenvalue weighted by molar-refractivity contribution is 7.78. The quantitative estimate of drug-likeness (QED) is 0.742. The monoisotopic (exact) mass is 410 g/mol. The number of H-pyrrole nitrogens is 1. The molecule has 0 spiro atoms. The van der Waals surface area contributed by atoms with Crippen LogP contribution in [-0.2, 0) is 24.4 Å². The van der Waals surface area contributed by atoms with Gasteiger partial charge < -0.3 is 14.6 Å². The Kier molecular flexibility index (Phi) is 4.68. The zero-order chi connectivity index (χ0) is 20.8. The van der Waals surface area contributed by atoms with Crippen LogP contribution in [0.4, 0.5) is 10.5 Å². The molecular formula is C21H22N4O3S. The Morgan fingerprint density at radius 1 is 1.24 bits per heavy atom. The number of anilines is 1. The van der Waals surface area contributed by atoms with Gasteiger partial charge >= 0.3 is 6.09 Å². The van der Waals surface area contributed by atoms with Gasteiger partial charge in [-0.3, -0.25) is 15.0 Å². The largest absolute Gasteiger partial charge is 0.444 e. The number of hydrogen-bond donors (Lipinski definition) is 2. The summed E-state index contributed by atoms with van der Waals surface area (Å²) < 4.78 is 5.49. The maximum atomic E-state index is 12.4. The van der Waals surface area contributed by atoms with Gasteiger partial charge in [0.1, 0.15) is 11.3 Å². The van der Waals surface area contributed by atoms with Gasteiger partial charge in [0.25, 0.3) is 5.91 Å². The number of aromatic amines is 1. The topological polar surface area (TPSA) is 77.7 Å². The minimum atomic E-state index is -0.520. The van der Waals surface area contributed by atoms with E-state index in [-0.39, 0.29) is 12.0 Å². The van der Waals surface area contributed by atoms with Gasteiger partial charge in [-0.15, -0.1) is 0 Å². The molecule has 0 unspecified atom stereocenters. The van der Waals surface area contributed by atoms with Crippen LogP contribution < -0.4 is 10.2 Å². The fourth-order valence-corrected chi connectivity index (χ4v) is 3.72. The molecule has 3 heterocycles. The highest BCUT2D eigenvalue weighted by Gasteiger charge is 2.30. The van der Waals surface area contributed by atoms with E-state index in [9.17, 15) is 9.59 Å². The summed E-state index contributed by atoms with van der Waals surface area (Å²) in [5.74, 6) is 0.225. The number of fused-ring (bicyclic) bond motifs is 2. The van der Waals surface area contributed by atoms with Gasteiger partial charge in [-0.05, 0) is 60.8 Å². The number of nitrogens with one attached hydrogen (secondary N) is 2. The third kappa shape index (κ3) is 3.77. The van der Waals surface area contributed by atoms with Gasteiger partial charge in [0, 0.05) is 19.3 Å². The third-order valence-corrected chi connectivity index (χ3v) is 5.02. The molecule has 0 fully saturated rings. The lowest BCUT2D eigenvalue weighted by Crippen LogP contribution is -2.41. The molecule has 2 aromatic rings. The minimum Gasteiger partial charge on any atom is -0.444 e. The average Bonchev–Trinajstić information content (AvgIpc) is 3.29. The lowest BCUT2D eigenvalue weighted by Gasteiger charge is -2.30. The first-order valence-corrected chi connectivity index (χ1v) is 9.76. The zero-order valence-corrected chi connectivity index (χ0v) is 17.4. The number of aromatic nitrogens is 1. The molecule has 0 aliphatic carbocycles. The minimum absolute atomic E-state index is 0.226. The number of rotatable bonds is 2. The first kappa shape index (κ1) is 19.2. The average molecular weight is 410 g/mol. The number of carbonyl (C=O) groups is 2. The van der Waals surface area contributed by atoms with E-state index >= 15 is 0 Å². The summed E-state index contributed by atoms with van der Waals surface area (Å²) in [6.45, 7) is 7.15. The lowest BCUT2D eigenvalue weighted by molar-refractivity contribution is 0.0241. The van der Waals surface area contributed by atoms with Crippen molar-refractivity contribution in [1.82, 2.24) is 15.2 Å². The van der Waals surface area contributed by atoms with E-state index in [1.54, 1.807) is 11.1 Å². The number of thiocarbonyl (C=S) groups is 1. The first-order valence-electron chi connectivity index (χ1n) is 9.35. The van der Waals surface area contributed by atoms with E-state index in [1.165, 1.54) is 0 Å². The van der Waals surface area contributed by atoms with E-state index in [0.717, 1.165) is 22.4 Å². The Bertz CT molecular complexity index is 1050. The van der Waals surface area contributed by atoms with Crippen molar-refractivity contribution in [2.45, 2.75) is 46.0 Å². The van der Waals surface area contributed by atoms with E-state index < -0.39 is 5.60 Å². The summed E-state index contributed by atoms with van der Waals surface area (Å²) in [4.78, 5) is 31.1. The predicted octanol–water partition coefficient (Wildman–Crippen LogP) is 3.46. The maximum absolute atomic E-state index is 12.4. The first-order chi connectivity index (χ1) is 13.7. The zero-order valence-electron chi connectivity index (χ0n) is 16.5. The molecule has 2 aliphatic heterocycles. The molecule has 2 amide bonds. The van der Waals surface area contributed by atoms with E-state index in [1.807, 2.05) is 43.9 Å². The third-order valence-electron chi connectivity index (χ3n) is 4.83. The number of ether oxygens (including phenoxy) is 1. The van der Waals surface area contributed by atoms with Gasteiger partial charge in [-0.2, -0.15) is 0 Å². The van der Waals surface area contributed by atoms with Crippen molar-refractivity contribution in [1.29, 1.82) is 0 Å². The Morgan fingerprint density at radius 2 is 2.00 bits per heavy atom. The van der Waals surface area contributed by atoms with Crippen LogP contribution in [0, 0.1) is 0 Å². The summed E-state index contributed by atoms with van der Waals surface area (Å²) in [7, 11) is 0. The Hall–Kier alpha value is -3.09. The van der Waals surface area contributed by atoms with Crippen LogP contribution in [0.1, 0.15) is 48.0 Å². The molecule has 1 aromatic heterocycles. The van der Waals surface area contributed by atoms with Crippen LogP contribution >= 0.6 is 12.2 Å². The number of nitrogens with zero attached hydrogens (tertiary/aromatic N) is 2. The molecule has 8 heteroatoms. The van der Waals surface area contributed by atoms with Crippen molar-refractivity contribution in [3.8, 4) is 0 Å². The molecule has 0 saturated carbocycles. The maximum Gasteiger partial charge on any atom is 0.410 e. The number of amides is 2. The van der Waals surface area contributed by atoms with Gasteiger partial charge in [0.2, 0.25) is 0 Å². The second-order valence-corrected chi connectivity index (χ2v) is 8.37. The summed E-state index contributed by atoms with van der Waals surface area (Å²) >= 11 is 4.98. The van der Waals surface area contributed by atoms with Crippen molar-refractivity contribution in [2.75, 3.05) is 4.90 Å². The summed E-state index contributed by atoms with van der Waals surface area (Å²) in [6.07, 6.45) is 1.42. The van der Waals surface area contributed by atoms with Gasteiger partial charge in [0.05, 0.1) is 12.2 Å². The summed E-state index contributed by atoms with van der Waals surface area (Å²) in [5, 5.41) is 5.40. The van der Waals surface area contributed by atoms with Gasteiger partial charge in [-0.1, -0.05) is 18.2 Å². The molecule has 1 aromatic carbocycles. The highest BCUT2D eigenvalue weighted by Crippen LogP contribution is 2.30. The molecular weight excluding hydrogens is 388 g/mol. The predicted molar refractivity (Wildman–Crippen MR) is 112 cm³/mol. The molecule has 0 radical (unpaired) electrons. The van der Waals surface area contributed by atoms with E-state index in [4.69, 9.17) is 17.0 Å². The molecule has 4 rings (SSSR count). The Balaban J connectivity index is 1.54. The van der Waals surface area contributed by atoms with Gasteiger partial charge in [0.15, 0.2) is 5.82 Å². The molecule has 0 atom stereocenters. The molecule has 0 bridgehead atoms. The number of carbonyl (C=O) groups excluding carboxylic acids is 2. The van der Waals surface area contributed by atoms with Crippen molar-refractivity contribution < 1.29 is 14.3 Å². The fraction of sp³-hybridized carbons (Fsp3) is 0.333. The van der Waals surface area contributed by atoms with Crippen LogP contribution in [-0.4, -0.2) is 32.5 Å². The molecule has 150 valence electrons. The molecule has 29 heavy (non-hydrogen) atoms. The highest BCUT2D eigenvalue weighted by atomic mass is 32.1. The van der Waals surface area contributed by atoms with Crippen molar-refractivity contribution >= 4 is 34.9 Å². The lowest BCUT2D eigenvalue weighted by atomic mass is 10.1. The number of benzene rings is 1. The van der Waals surface area contributed by atoms with Crippen molar-refractivity contribution in [3.05, 3.63) is 58.7 Å². The van der Waals surface area contributed by atoms with Crippen LogP contribution in [0.15, 0.2) is 36.3 Å². The van der Waals surface area contributed by atoms with E-state index in [0.29, 0.717) is 31.1 Å².